The number of amides is 2. The quantitative estimate of drug-likeness (QED) is 0.566. The Kier molecular flexibility index (Phi) is 5.60. The lowest BCUT2D eigenvalue weighted by molar-refractivity contribution is -0.134. The summed E-state index contributed by atoms with van der Waals surface area (Å²) in [6, 6.07) is 12.4. The molecule has 2 aromatic heterocycles. The minimum Gasteiger partial charge on any atom is -0.351 e. The zero-order valence-corrected chi connectivity index (χ0v) is 20.7. The van der Waals surface area contributed by atoms with E-state index < -0.39 is 5.54 Å². The highest BCUT2D eigenvalue weighted by Crippen LogP contribution is 2.36. The highest BCUT2D eigenvalue weighted by Gasteiger charge is 2.48. The zero-order chi connectivity index (χ0) is 23.3. The molecule has 5 rings (SSSR count). The minimum atomic E-state index is -0.969. The Labute approximate surface area is 199 Å². The van der Waals surface area contributed by atoms with Crippen molar-refractivity contribution in [2.75, 3.05) is 0 Å². The molecule has 2 aliphatic rings. The van der Waals surface area contributed by atoms with E-state index in [-0.39, 0.29) is 17.9 Å². The number of hydrogen-bond acceptors (Lipinski definition) is 3. The van der Waals surface area contributed by atoms with Crippen LogP contribution >= 0.6 is 11.3 Å². The third-order valence-electron chi connectivity index (χ3n) is 8.02. The van der Waals surface area contributed by atoms with Crippen LogP contribution in [0.1, 0.15) is 61.6 Å². The summed E-state index contributed by atoms with van der Waals surface area (Å²) < 4.78 is 3.14. The standard InChI is InChI=1S/C27H33N3O2S/c1-17-8-10-20(11-9-17)15-30-25(31)23-14-24-22(12-13-33-24)29(23)16-27(30,4)26(32)28-21-7-5-6-18(2)19(21)3/h8-14,18-19,21H,5-7,15-16H2,1-4H3,(H,28,32)/t18-,19-,21-,27-/m1/s1. The van der Waals surface area contributed by atoms with Crippen LogP contribution in [-0.2, 0) is 17.9 Å². The van der Waals surface area contributed by atoms with Gasteiger partial charge in [-0.15, -0.1) is 11.3 Å². The summed E-state index contributed by atoms with van der Waals surface area (Å²) in [7, 11) is 0. The van der Waals surface area contributed by atoms with Gasteiger partial charge in [0.15, 0.2) is 0 Å². The number of rotatable bonds is 4. The van der Waals surface area contributed by atoms with Gasteiger partial charge in [-0.2, -0.15) is 0 Å². The molecule has 5 nitrogen and oxygen atoms in total. The topological polar surface area (TPSA) is 54.3 Å². The van der Waals surface area contributed by atoms with Crippen molar-refractivity contribution in [2.45, 2.75) is 71.6 Å². The van der Waals surface area contributed by atoms with Gasteiger partial charge in [-0.3, -0.25) is 9.59 Å². The van der Waals surface area contributed by atoms with E-state index in [1.54, 1.807) is 16.2 Å². The van der Waals surface area contributed by atoms with Crippen molar-refractivity contribution < 1.29 is 9.59 Å². The molecule has 0 unspecified atom stereocenters. The average molecular weight is 464 g/mol. The number of aromatic nitrogens is 1. The number of nitrogens with one attached hydrogen (secondary N) is 1. The number of carbonyl (C=O) groups excluding carboxylic acids is 2. The van der Waals surface area contributed by atoms with Crippen molar-refractivity contribution >= 4 is 33.4 Å². The fourth-order valence-electron chi connectivity index (χ4n) is 5.51. The molecule has 0 radical (unpaired) electrons. The molecule has 33 heavy (non-hydrogen) atoms. The second-order valence-electron chi connectivity index (χ2n) is 10.3. The SMILES string of the molecule is Cc1ccc(CN2C(=O)c3cc4sccc4n3C[C@]2(C)C(=O)N[C@@H]2CCC[C@@H](C)[C@H]2C)cc1. The van der Waals surface area contributed by atoms with E-state index in [1.807, 2.05) is 22.9 Å². The summed E-state index contributed by atoms with van der Waals surface area (Å²) in [6.07, 6.45) is 3.35. The van der Waals surface area contributed by atoms with Gasteiger partial charge in [0, 0.05) is 12.6 Å². The molecule has 1 N–H and O–H groups in total. The van der Waals surface area contributed by atoms with Gasteiger partial charge in [0.2, 0.25) is 5.91 Å². The van der Waals surface area contributed by atoms with E-state index in [0.29, 0.717) is 30.6 Å². The third kappa shape index (κ3) is 3.78. The Morgan fingerprint density at radius 1 is 1.18 bits per heavy atom. The number of thiophene rings is 1. The Bertz CT molecular complexity index is 1190. The van der Waals surface area contributed by atoms with Crippen LogP contribution in [0.3, 0.4) is 0 Å². The van der Waals surface area contributed by atoms with Crippen LogP contribution in [0, 0.1) is 18.8 Å². The molecular weight excluding hydrogens is 430 g/mol. The first kappa shape index (κ1) is 22.2. The maximum Gasteiger partial charge on any atom is 0.271 e. The molecular formula is C27H33N3O2S. The van der Waals surface area contributed by atoms with E-state index in [9.17, 15) is 9.59 Å². The molecule has 1 aromatic carbocycles. The molecule has 0 bridgehead atoms. The van der Waals surface area contributed by atoms with E-state index >= 15 is 0 Å². The van der Waals surface area contributed by atoms with Gasteiger partial charge in [0.05, 0.1) is 16.8 Å². The minimum absolute atomic E-state index is 0.0448. The number of nitrogens with zero attached hydrogens (tertiary/aromatic N) is 2. The maximum absolute atomic E-state index is 13.9. The fraction of sp³-hybridized carbons (Fsp3) is 0.481. The van der Waals surface area contributed by atoms with Gasteiger partial charge in [-0.1, -0.05) is 56.5 Å². The van der Waals surface area contributed by atoms with Crippen molar-refractivity contribution in [2.24, 2.45) is 11.8 Å². The first-order valence-corrected chi connectivity index (χ1v) is 12.9. The smallest absolute Gasteiger partial charge is 0.271 e. The lowest BCUT2D eigenvalue weighted by atomic mass is 9.77. The van der Waals surface area contributed by atoms with Gasteiger partial charge in [0.1, 0.15) is 11.2 Å². The van der Waals surface area contributed by atoms with Gasteiger partial charge in [-0.05, 0) is 55.2 Å². The van der Waals surface area contributed by atoms with Crippen LogP contribution in [0.5, 0.6) is 0 Å². The van der Waals surface area contributed by atoms with E-state index in [0.717, 1.165) is 28.6 Å². The van der Waals surface area contributed by atoms with Crippen LogP contribution < -0.4 is 5.32 Å². The van der Waals surface area contributed by atoms with Crippen molar-refractivity contribution in [3.05, 3.63) is 58.6 Å². The predicted octanol–water partition coefficient (Wildman–Crippen LogP) is 5.37. The van der Waals surface area contributed by atoms with Gasteiger partial charge < -0.3 is 14.8 Å². The summed E-state index contributed by atoms with van der Waals surface area (Å²) in [5, 5.41) is 5.42. The molecule has 3 aromatic rings. The molecule has 3 heterocycles. The first-order valence-electron chi connectivity index (χ1n) is 12.0. The lowest BCUT2D eigenvalue weighted by Gasteiger charge is -2.45. The highest BCUT2D eigenvalue weighted by molar-refractivity contribution is 7.17. The van der Waals surface area contributed by atoms with Gasteiger partial charge in [-0.25, -0.2) is 0 Å². The second kappa shape index (κ2) is 8.32. The van der Waals surface area contributed by atoms with Crippen LogP contribution in [0.4, 0.5) is 0 Å². The molecule has 4 atom stereocenters. The average Bonchev–Trinajstić information content (AvgIpc) is 3.38. The fourth-order valence-corrected chi connectivity index (χ4v) is 6.33. The lowest BCUT2D eigenvalue weighted by Crippen LogP contribution is -2.65. The van der Waals surface area contributed by atoms with E-state index in [1.165, 1.54) is 12.0 Å². The number of fused-ring (bicyclic) bond motifs is 3. The number of aryl methyl sites for hydroxylation is 1. The molecule has 0 spiro atoms. The second-order valence-corrected chi connectivity index (χ2v) is 11.2. The largest absolute Gasteiger partial charge is 0.351 e. The Morgan fingerprint density at radius 2 is 1.94 bits per heavy atom. The number of carbonyl (C=O) groups is 2. The Morgan fingerprint density at radius 3 is 2.70 bits per heavy atom. The normalized spacial score (nSPS) is 27.6. The predicted molar refractivity (Wildman–Crippen MR) is 133 cm³/mol. The zero-order valence-electron chi connectivity index (χ0n) is 19.9. The molecule has 1 aliphatic heterocycles. The molecule has 1 saturated carbocycles. The van der Waals surface area contributed by atoms with Crippen LogP contribution in [0.15, 0.2) is 41.8 Å². The van der Waals surface area contributed by atoms with Crippen molar-refractivity contribution in [1.82, 2.24) is 14.8 Å². The summed E-state index contributed by atoms with van der Waals surface area (Å²) in [6.45, 7) is 9.39. The monoisotopic (exact) mass is 463 g/mol. The molecule has 2 amide bonds. The van der Waals surface area contributed by atoms with Crippen molar-refractivity contribution in [3.8, 4) is 0 Å². The van der Waals surface area contributed by atoms with Crippen LogP contribution in [0.2, 0.25) is 0 Å². The van der Waals surface area contributed by atoms with Gasteiger partial charge >= 0.3 is 0 Å². The van der Waals surface area contributed by atoms with Gasteiger partial charge in [0.25, 0.3) is 5.91 Å². The third-order valence-corrected chi connectivity index (χ3v) is 8.88. The molecule has 1 aliphatic carbocycles. The number of hydrogen-bond donors (Lipinski definition) is 1. The summed E-state index contributed by atoms with van der Waals surface area (Å²) >= 11 is 1.64. The summed E-state index contributed by atoms with van der Waals surface area (Å²) in [4.78, 5) is 29.5. The van der Waals surface area contributed by atoms with Crippen molar-refractivity contribution in [3.63, 3.8) is 0 Å². The molecule has 174 valence electrons. The Balaban J connectivity index is 1.52. The first-order chi connectivity index (χ1) is 15.8. The maximum atomic E-state index is 13.9. The highest BCUT2D eigenvalue weighted by atomic mass is 32.1. The molecule has 6 heteroatoms. The Hall–Kier alpha value is -2.60. The van der Waals surface area contributed by atoms with E-state index in [2.05, 4.69) is 56.4 Å². The van der Waals surface area contributed by atoms with Crippen LogP contribution in [0.25, 0.3) is 10.2 Å². The summed E-state index contributed by atoms with van der Waals surface area (Å²) in [5.41, 5.74) is 2.96. The van der Waals surface area contributed by atoms with Crippen molar-refractivity contribution in [1.29, 1.82) is 0 Å². The molecule has 0 saturated heterocycles. The van der Waals surface area contributed by atoms with E-state index in [4.69, 9.17) is 0 Å². The number of benzene rings is 1. The van der Waals surface area contributed by atoms with Crippen LogP contribution in [-0.4, -0.2) is 32.9 Å². The summed E-state index contributed by atoms with van der Waals surface area (Å²) in [5.74, 6) is 0.904. The molecule has 1 fully saturated rings.